The Morgan fingerprint density at radius 3 is 2.74 bits per heavy atom. The Morgan fingerprint density at radius 1 is 1.37 bits per heavy atom. The van der Waals surface area contributed by atoms with Gasteiger partial charge in [0.05, 0.1) is 6.54 Å². The van der Waals surface area contributed by atoms with Crippen molar-refractivity contribution in [1.29, 1.82) is 0 Å². The van der Waals surface area contributed by atoms with Gasteiger partial charge in [-0.25, -0.2) is 0 Å². The molecule has 2 aromatic rings. The standard InChI is InChI=1S/C12H12ClN3O2S/c1-16(11(17)10-14-15-12(13)19-10)7-8-18-9-5-3-2-4-6-9/h2-6H,7-8H2,1H3. The number of aromatic nitrogens is 2. The highest BCUT2D eigenvalue weighted by Crippen LogP contribution is 2.16. The van der Waals surface area contributed by atoms with Gasteiger partial charge in [0.25, 0.3) is 5.91 Å². The Morgan fingerprint density at radius 2 is 2.11 bits per heavy atom. The lowest BCUT2D eigenvalue weighted by Gasteiger charge is -2.15. The number of carbonyl (C=O) groups is 1. The molecule has 0 aliphatic carbocycles. The summed E-state index contributed by atoms with van der Waals surface area (Å²) >= 11 is 6.71. The molecular formula is C12H12ClN3O2S. The van der Waals surface area contributed by atoms with Gasteiger partial charge >= 0.3 is 0 Å². The highest BCUT2D eigenvalue weighted by molar-refractivity contribution is 7.17. The molecule has 0 atom stereocenters. The average molecular weight is 298 g/mol. The van der Waals surface area contributed by atoms with E-state index in [0.717, 1.165) is 17.1 Å². The van der Waals surface area contributed by atoms with E-state index in [4.69, 9.17) is 16.3 Å². The molecule has 0 saturated heterocycles. The van der Waals surface area contributed by atoms with Gasteiger partial charge < -0.3 is 9.64 Å². The minimum atomic E-state index is -0.207. The summed E-state index contributed by atoms with van der Waals surface area (Å²) in [5, 5.41) is 7.60. The molecule has 19 heavy (non-hydrogen) atoms. The second-order valence-electron chi connectivity index (χ2n) is 3.75. The first-order valence-electron chi connectivity index (χ1n) is 5.59. The van der Waals surface area contributed by atoms with Gasteiger partial charge in [-0.15, -0.1) is 10.2 Å². The number of amides is 1. The number of carbonyl (C=O) groups excluding carboxylic acids is 1. The molecule has 1 aromatic heterocycles. The van der Waals surface area contributed by atoms with Crippen LogP contribution in [0.3, 0.4) is 0 Å². The van der Waals surface area contributed by atoms with E-state index in [2.05, 4.69) is 10.2 Å². The number of benzene rings is 1. The number of nitrogens with zero attached hydrogens (tertiary/aromatic N) is 3. The SMILES string of the molecule is CN(CCOc1ccccc1)C(=O)c1nnc(Cl)s1. The molecule has 0 N–H and O–H groups in total. The van der Waals surface area contributed by atoms with Gasteiger partial charge in [0.1, 0.15) is 12.4 Å². The van der Waals surface area contributed by atoms with Crippen molar-refractivity contribution in [3.8, 4) is 5.75 Å². The molecule has 1 heterocycles. The van der Waals surface area contributed by atoms with Crippen LogP contribution in [0.4, 0.5) is 0 Å². The van der Waals surface area contributed by atoms with Crippen LogP contribution in [0.5, 0.6) is 5.75 Å². The lowest BCUT2D eigenvalue weighted by molar-refractivity contribution is 0.0772. The van der Waals surface area contributed by atoms with Crippen molar-refractivity contribution in [2.24, 2.45) is 0 Å². The van der Waals surface area contributed by atoms with Crippen molar-refractivity contribution in [2.45, 2.75) is 0 Å². The second-order valence-corrected chi connectivity index (χ2v) is 5.31. The van der Waals surface area contributed by atoms with Crippen molar-refractivity contribution < 1.29 is 9.53 Å². The van der Waals surface area contributed by atoms with Crippen LogP contribution in [0.2, 0.25) is 4.47 Å². The van der Waals surface area contributed by atoms with E-state index in [1.165, 1.54) is 4.90 Å². The van der Waals surface area contributed by atoms with E-state index in [0.29, 0.717) is 13.2 Å². The molecule has 0 aliphatic rings. The zero-order valence-corrected chi connectivity index (χ0v) is 11.8. The number of rotatable bonds is 5. The van der Waals surface area contributed by atoms with Gasteiger partial charge in [0, 0.05) is 7.05 Å². The van der Waals surface area contributed by atoms with E-state index in [1.807, 2.05) is 30.3 Å². The molecule has 2 rings (SSSR count). The molecule has 1 aromatic carbocycles. The molecule has 1 amide bonds. The second kappa shape index (κ2) is 6.49. The molecule has 0 fully saturated rings. The number of likely N-dealkylation sites (N-methyl/N-ethyl adjacent to an activating group) is 1. The fraction of sp³-hybridized carbons (Fsp3) is 0.250. The minimum absolute atomic E-state index is 0.207. The normalized spacial score (nSPS) is 10.2. The van der Waals surface area contributed by atoms with Crippen molar-refractivity contribution in [3.05, 3.63) is 39.8 Å². The summed E-state index contributed by atoms with van der Waals surface area (Å²) in [5.74, 6) is 0.573. The summed E-state index contributed by atoms with van der Waals surface area (Å²) < 4.78 is 5.78. The van der Waals surface area contributed by atoms with Gasteiger partial charge in [0.15, 0.2) is 0 Å². The summed E-state index contributed by atoms with van der Waals surface area (Å²) in [4.78, 5) is 13.4. The Bertz CT molecular complexity index is 547. The highest BCUT2D eigenvalue weighted by atomic mass is 35.5. The summed E-state index contributed by atoms with van der Waals surface area (Å²) in [5.41, 5.74) is 0. The quantitative estimate of drug-likeness (QED) is 0.850. The molecule has 5 nitrogen and oxygen atoms in total. The van der Waals surface area contributed by atoms with Gasteiger partial charge in [-0.3, -0.25) is 4.79 Å². The van der Waals surface area contributed by atoms with Crippen LogP contribution in [-0.2, 0) is 0 Å². The zero-order chi connectivity index (χ0) is 13.7. The van der Waals surface area contributed by atoms with Gasteiger partial charge in [-0.05, 0) is 23.7 Å². The van der Waals surface area contributed by atoms with Crippen molar-refractivity contribution in [1.82, 2.24) is 15.1 Å². The number of hydrogen-bond donors (Lipinski definition) is 0. The van der Waals surface area contributed by atoms with Gasteiger partial charge in [-0.2, -0.15) is 0 Å². The molecule has 0 unspecified atom stereocenters. The van der Waals surface area contributed by atoms with Gasteiger partial charge in [0.2, 0.25) is 9.47 Å². The predicted octanol–water partition coefficient (Wildman–Crippen LogP) is 2.34. The van der Waals surface area contributed by atoms with Crippen LogP contribution in [0, 0.1) is 0 Å². The number of hydrogen-bond acceptors (Lipinski definition) is 5. The van der Waals surface area contributed by atoms with Crippen molar-refractivity contribution in [2.75, 3.05) is 20.2 Å². The predicted molar refractivity (Wildman–Crippen MR) is 73.8 cm³/mol. The number of halogens is 1. The van der Waals surface area contributed by atoms with Crippen LogP contribution in [-0.4, -0.2) is 41.2 Å². The van der Waals surface area contributed by atoms with E-state index >= 15 is 0 Å². The molecule has 7 heteroatoms. The molecule has 100 valence electrons. The third-order valence-corrected chi connectivity index (χ3v) is 3.38. The average Bonchev–Trinajstić information content (AvgIpc) is 2.85. The van der Waals surface area contributed by atoms with Crippen LogP contribution in [0.25, 0.3) is 0 Å². The topological polar surface area (TPSA) is 55.3 Å². The summed E-state index contributed by atoms with van der Waals surface area (Å²) in [6, 6.07) is 9.45. The first kappa shape index (κ1) is 13.8. The third kappa shape index (κ3) is 3.90. The van der Waals surface area contributed by atoms with Crippen molar-refractivity contribution in [3.63, 3.8) is 0 Å². The highest BCUT2D eigenvalue weighted by Gasteiger charge is 2.16. The molecule has 0 bridgehead atoms. The lowest BCUT2D eigenvalue weighted by Crippen LogP contribution is -2.30. The fourth-order valence-corrected chi connectivity index (χ4v) is 2.20. The molecule has 0 saturated carbocycles. The fourth-order valence-electron chi connectivity index (χ4n) is 1.37. The molecule has 0 radical (unpaired) electrons. The Hall–Kier alpha value is -1.66. The molecular weight excluding hydrogens is 286 g/mol. The third-order valence-electron chi connectivity index (χ3n) is 2.37. The smallest absolute Gasteiger partial charge is 0.284 e. The van der Waals surface area contributed by atoms with E-state index in [-0.39, 0.29) is 15.4 Å². The van der Waals surface area contributed by atoms with E-state index < -0.39 is 0 Å². The van der Waals surface area contributed by atoms with E-state index in [1.54, 1.807) is 7.05 Å². The maximum Gasteiger partial charge on any atom is 0.284 e. The molecule has 0 spiro atoms. The van der Waals surface area contributed by atoms with Gasteiger partial charge in [-0.1, -0.05) is 29.5 Å². The molecule has 0 aliphatic heterocycles. The maximum absolute atomic E-state index is 11.9. The Labute approximate surface area is 119 Å². The number of para-hydroxylation sites is 1. The minimum Gasteiger partial charge on any atom is -0.492 e. The van der Waals surface area contributed by atoms with E-state index in [9.17, 15) is 4.79 Å². The summed E-state index contributed by atoms with van der Waals surface area (Å²) in [7, 11) is 1.69. The van der Waals surface area contributed by atoms with Crippen LogP contribution in [0.1, 0.15) is 9.80 Å². The largest absolute Gasteiger partial charge is 0.492 e. The monoisotopic (exact) mass is 297 g/mol. The van der Waals surface area contributed by atoms with Crippen LogP contribution in [0.15, 0.2) is 30.3 Å². The summed E-state index contributed by atoms with van der Waals surface area (Å²) in [6.45, 7) is 0.879. The van der Waals surface area contributed by atoms with Crippen molar-refractivity contribution >= 4 is 28.8 Å². The Balaban J connectivity index is 1.81. The zero-order valence-electron chi connectivity index (χ0n) is 10.2. The lowest BCUT2D eigenvalue weighted by atomic mass is 10.3. The first-order valence-corrected chi connectivity index (χ1v) is 6.78. The maximum atomic E-state index is 11.9. The Kier molecular flexibility index (Phi) is 4.70. The summed E-state index contributed by atoms with van der Waals surface area (Å²) in [6.07, 6.45) is 0. The first-order chi connectivity index (χ1) is 9.16. The van der Waals surface area contributed by atoms with Crippen LogP contribution < -0.4 is 4.74 Å². The van der Waals surface area contributed by atoms with Crippen LogP contribution >= 0.6 is 22.9 Å². The number of ether oxygens (including phenoxy) is 1.